The number of hydrogen-bond donors (Lipinski definition) is 3. The maximum atomic E-state index is 13.6. The van der Waals surface area contributed by atoms with Gasteiger partial charge < -0.3 is 24.7 Å². The summed E-state index contributed by atoms with van der Waals surface area (Å²) in [4.78, 5) is 25.8. The van der Waals surface area contributed by atoms with E-state index in [1.54, 1.807) is 18.2 Å². The largest absolute Gasteiger partial charge is 0.508 e. The molecule has 4 rings (SSSR count). The number of rotatable bonds is 13. The van der Waals surface area contributed by atoms with Gasteiger partial charge in [-0.1, -0.05) is 44.2 Å². The lowest BCUT2D eigenvalue weighted by molar-refractivity contribution is -0.122. The molecule has 0 aliphatic heterocycles. The number of aliphatic hydroxyl groups is 1. The van der Waals surface area contributed by atoms with Crippen LogP contribution in [0.25, 0.3) is 11.0 Å². The van der Waals surface area contributed by atoms with Crippen LogP contribution in [0.1, 0.15) is 25.0 Å². The summed E-state index contributed by atoms with van der Waals surface area (Å²) < 4.78 is 38.9. The molecular formula is C32H36N2O8S. The maximum Gasteiger partial charge on any atom is 0.339 e. The number of aromatic hydroxyl groups is 1. The van der Waals surface area contributed by atoms with Gasteiger partial charge in [0.1, 0.15) is 17.1 Å². The zero-order valence-corrected chi connectivity index (χ0v) is 25.1. The number of ether oxygens (including phenoxy) is 1. The van der Waals surface area contributed by atoms with E-state index in [1.807, 2.05) is 44.2 Å². The molecule has 10 nitrogen and oxygen atoms in total. The van der Waals surface area contributed by atoms with Crippen molar-refractivity contribution in [2.24, 2.45) is 5.92 Å². The zero-order chi connectivity index (χ0) is 31.1. The van der Waals surface area contributed by atoms with E-state index in [0.29, 0.717) is 11.1 Å². The highest BCUT2D eigenvalue weighted by Crippen LogP contribution is 2.22. The van der Waals surface area contributed by atoms with Gasteiger partial charge in [-0.2, -0.15) is 4.31 Å². The predicted octanol–water partition coefficient (Wildman–Crippen LogP) is 3.49. The molecule has 1 heterocycles. The van der Waals surface area contributed by atoms with Crippen LogP contribution in [-0.2, 0) is 27.7 Å². The van der Waals surface area contributed by atoms with Crippen LogP contribution in [0.5, 0.6) is 11.5 Å². The first-order chi connectivity index (χ1) is 20.5. The number of carbonyl (C=O) groups is 1. The Balaban J connectivity index is 1.58. The first kappa shape index (κ1) is 31.7. The fourth-order valence-electron chi connectivity index (χ4n) is 4.76. The summed E-state index contributed by atoms with van der Waals surface area (Å²) in [7, 11) is -2.51. The van der Waals surface area contributed by atoms with Crippen LogP contribution in [0.2, 0.25) is 0 Å². The van der Waals surface area contributed by atoms with Crippen molar-refractivity contribution >= 4 is 26.9 Å². The summed E-state index contributed by atoms with van der Waals surface area (Å²) in [5.74, 6) is -0.131. The Morgan fingerprint density at radius 3 is 2.35 bits per heavy atom. The van der Waals surface area contributed by atoms with Crippen molar-refractivity contribution < 1.29 is 32.6 Å². The molecule has 3 aromatic carbocycles. The average molecular weight is 609 g/mol. The normalized spacial score (nSPS) is 13.3. The van der Waals surface area contributed by atoms with Gasteiger partial charge in [-0.3, -0.25) is 4.79 Å². The Kier molecular flexibility index (Phi) is 10.2. The first-order valence-electron chi connectivity index (χ1n) is 13.9. The van der Waals surface area contributed by atoms with Gasteiger partial charge in [0.05, 0.1) is 30.6 Å². The number of hydrogen-bond acceptors (Lipinski definition) is 8. The number of phenolic OH excluding ortho intramolecular Hbond substituents is 1. The highest BCUT2D eigenvalue weighted by molar-refractivity contribution is 7.89. The van der Waals surface area contributed by atoms with Gasteiger partial charge in [0.15, 0.2) is 0 Å². The van der Waals surface area contributed by atoms with Crippen molar-refractivity contribution in [1.82, 2.24) is 9.62 Å². The molecule has 0 bridgehead atoms. The van der Waals surface area contributed by atoms with Crippen molar-refractivity contribution in [1.29, 1.82) is 0 Å². The second kappa shape index (κ2) is 13.9. The highest BCUT2D eigenvalue weighted by atomic mass is 32.2. The molecule has 0 aliphatic carbocycles. The van der Waals surface area contributed by atoms with Crippen molar-refractivity contribution in [3.8, 4) is 11.5 Å². The van der Waals surface area contributed by atoms with E-state index in [-0.39, 0.29) is 53.6 Å². The third kappa shape index (κ3) is 8.22. The molecule has 1 aromatic heterocycles. The van der Waals surface area contributed by atoms with Crippen LogP contribution in [0.15, 0.2) is 93.0 Å². The summed E-state index contributed by atoms with van der Waals surface area (Å²) in [6.45, 7) is 3.63. The number of fused-ring (bicyclic) bond motifs is 1. The highest BCUT2D eigenvalue weighted by Gasteiger charge is 2.31. The lowest BCUT2D eigenvalue weighted by Gasteiger charge is -2.30. The standard InChI is InChI=1S/C32H36N2O8S/c1-21(2)19-34(43(39,40)27-13-11-26(41-3)12-14-27)20-29(36)28(15-22-7-5-4-6-8-22)33-31(37)17-24-16-23-9-10-25(35)18-30(23)42-32(24)38/h4-14,16,18,21,28-29,35-36H,15,17,19-20H2,1-3H3,(H,33,37)/t28-,29+/m0/s1. The summed E-state index contributed by atoms with van der Waals surface area (Å²) in [6, 6.07) is 20.2. The Hall–Kier alpha value is -4.19. The topological polar surface area (TPSA) is 146 Å². The molecule has 1 amide bonds. The Labute approximate surface area is 250 Å². The van der Waals surface area contributed by atoms with E-state index in [0.717, 1.165) is 5.56 Å². The molecule has 228 valence electrons. The molecular weight excluding hydrogens is 572 g/mol. The Morgan fingerprint density at radius 2 is 1.70 bits per heavy atom. The number of sulfonamides is 1. The summed E-state index contributed by atoms with van der Waals surface area (Å²) in [5, 5.41) is 24.4. The van der Waals surface area contributed by atoms with E-state index in [4.69, 9.17) is 9.15 Å². The zero-order valence-electron chi connectivity index (χ0n) is 24.3. The molecule has 0 saturated heterocycles. The molecule has 0 unspecified atom stereocenters. The van der Waals surface area contributed by atoms with Gasteiger partial charge in [0, 0.05) is 30.1 Å². The molecule has 2 atom stereocenters. The first-order valence-corrected chi connectivity index (χ1v) is 15.3. The van der Waals surface area contributed by atoms with E-state index in [2.05, 4.69) is 5.32 Å². The molecule has 0 saturated carbocycles. The number of methoxy groups -OCH3 is 1. The fraction of sp³-hybridized carbons (Fsp3) is 0.312. The van der Waals surface area contributed by atoms with Crippen LogP contribution in [0.3, 0.4) is 0 Å². The Bertz CT molecular complexity index is 1700. The maximum absolute atomic E-state index is 13.6. The van der Waals surface area contributed by atoms with Gasteiger partial charge in [-0.05, 0) is 60.4 Å². The predicted molar refractivity (Wildman–Crippen MR) is 163 cm³/mol. The molecule has 4 aromatic rings. The quantitative estimate of drug-likeness (QED) is 0.196. The lowest BCUT2D eigenvalue weighted by Crippen LogP contribution is -2.51. The van der Waals surface area contributed by atoms with Gasteiger partial charge >= 0.3 is 5.63 Å². The summed E-state index contributed by atoms with van der Waals surface area (Å²) >= 11 is 0. The van der Waals surface area contributed by atoms with Crippen LogP contribution >= 0.6 is 0 Å². The third-order valence-electron chi connectivity index (χ3n) is 6.91. The molecule has 43 heavy (non-hydrogen) atoms. The van der Waals surface area contributed by atoms with Gasteiger partial charge in [-0.25, -0.2) is 13.2 Å². The molecule has 0 radical (unpaired) electrons. The number of aliphatic hydroxyl groups excluding tert-OH is 1. The number of nitrogens with one attached hydrogen (secondary N) is 1. The Morgan fingerprint density at radius 1 is 1.00 bits per heavy atom. The van der Waals surface area contributed by atoms with E-state index >= 15 is 0 Å². The molecule has 0 spiro atoms. The minimum atomic E-state index is -4.00. The van der Waals surface area contributed by atoms with Crippen LogP contribution in [0, 0.1) is 5.92 Å². The minimum absolute atomic E-state index is 0.0450. The molecule has 0 aliphatic rings. The van der Waals surface area contributed by atoms with Gasteiger partial charge in [-0.15, -0.1) is 0 Å². The average Bonchev–Trinajstić information content (AvgIpc) is 2.97. The minimum Gasteiger partial charge on any atom is -0.508 e. The number of nitrogens with zero attached hydrogens (tertiary/aromatic N) is 1. The van der Waals surface area contributed by atoms with Gasteiger partial charge in [0.2, 0.25) is 15.9 Å². The second-order valence-electron chi connectivity index (χ2n) is 10.8. The van der Waals surface area contributed by atoms with E-state index in [9.17, 15) is 28.2 Å². The van der Waals surface area contributed by atoms with Crippen molar-refractivity contribution in [3.05, 3.63) is 100 Å². The van der Waals surface area contributed by atoms with Crippen molar-refractivity contribution in [2.45, 2.75) is 43.7 Å². The number of benzene rings is 3. The number of amides is 1. The lowest BCUT2D eigenvalue weighted by atomic mass is 10.00. The fourth-order valence-corrected chi connectivity index (χ4v) is 6.38. The van der Waals surface area contributed by atoms with E-state index in [1.165, 1.54) is 41.7 Å². The molecule has 0 fully saturated rings. The third-order valence-corrected chi connectivity index (χ3v) is 8.75. The second-order valence-corrected chi connectivity index (χ2v) is 12.7. The molecule has 3 N–H and O–H groups in total. The SMILES string of the molecule is COc1ccc(S(=O)(=O)N(CC(C)C)C[C@@H](O)[C@H](Cc2ccccc2)NC(=O)Cc2cc3ccc(O)cc3oc2=O)cc1. The smallest absolute Gasteiger partial charge is 0.339 e. The molecule has 11 heteroatoms. The van der Waals surface area contributed by atoms with Crippen molar-refractivity contribution in [3.63, 3.8) is 0 Å². The van der Waals surface area contributed by atoms with Crippen LogP contribution in [-0.4, -0.2) is 61.2 Å². The van der Waals surface area contributed by atoms with Crippen LogP contribution in [0.4, 0.5) is 0 Å². The van der Waals surface area contributed by atoms with Crippen LogP contribution < -0.4 is 15.7 Å². The van der Waals surface area contributed by atoms with E-state index < -0.39 is 33.7 Å². The number of phenols is 1. The summed E-state index contributed by atoms with van der Waals surface area (Å²) in [6.07, 6.45) is -1.39. The van der Waals surface area contributed by atoms with Gasteiger partial charge in [0.25, 0.3) is 0 Å². The summed E-state index contributed by atoms with van der Waals surface area (Å²) in [5.41, 5.74) is 0.398. The monoisotopic (exact) mass is 608 g/mol. The number of carbonyl (C=O) groups excluding carboxylic acids is 1. The van der Waals surface area contributed by atoms with Crippen molar-refractivity contribution in [2.75, 3.05) is 20.2 Å².